The number of allylic oxidation sites excluding steroid dienone is 2. The van der Waals surface area contributed by atoms with E-state index in [1.54, 1.807) is 36.4 Å². The summed E-state index contributed by atoms with van der Waals surface area (Å²) in [6.07, 6.45) is -2.57. The van der Waals surface area contributed by atoms with Gasteiger partial charge in [0.05, 0.1) is 12.2 Å². The molecule has 2 unspecified atom stereocenters. The van der Waals surface area contributed by atoms with Crippen LogP contribution in [0.5, 0.6) is 5.75 Å². The van der Waals surface area contributed by atoms with Crippen LogP contribution in [0.1, 0.15) is 60.7 Å². The van der Waals surface area contributed by atoms with Crippen LogP contribution in [0.25, 0.3) is 5.57 Å². The van der Waals surface area contributed by atoms with Gasteiger partial charge in [0.1, 0.15) is 27.9 Å². The monoisotopic (exact) mass is 548 g/mol. The van der Waals surface area contributed by atoms with Gasteiger partial charge in [-0.25, -0.2) is 9.18 Å². The number of phenols is 1. The van der Waals surface area contributed by atoms with Gasteiger partial charge in [0.15, 0.2) is 6.17 Å². The number of hydrogen-bond acceptors (Lipinski definition) is 5. The Morgan fingerprint density at radius 2 is 1.69 bits per heavy atom. The lowest BCUT2D eigenvalue weighted by molar-refractivity contribution is -0.165. The summed E-state index contributed by atoms with van der Waals surface area (Å²) < 4.78 is 67.7. The van der Waals surface area contributed by atoms with Crippen molar-refractivity contribution in [3.8, 4) is 5.75 Å². The van der Waals surface area contributed by atoms with Gasteiger partial charge in [-0.3, -0.25) is 4.79 Å². The number of carbonyl (C=O) groups excluding carboxylic acids is 1. The highest BCUT2D eigenvalue weighted by Crippen LogP contribution is 2.60. The molecule has 0 aliphatic heterocycles. The summed E-state index contributed by atoms with van der Waals surface area (Å²) in [5.41, 5.74) is -5.99. The standard InChI is InChI=1S/C29H28F4O6/c1-26(2,3)39-24(35)22-19(9-10-20(23(22)34)29(31,32)33)16-38-28(27(13-14-27)25(36)37)12-11-18(15-21(28)30)17-7-5-4-6-8-17/h4-12,15,21,34H,13-14,16H2,1-3H3,(H,36,37). The summed E-state index contributed by atoms with van der Waals surface area (Å²) in [6.45, 7) is 3.83. The average molecular weight is 549 g/mol. The Kier molecular flexibility index (Phi) is 7.14. The molecule has 2 aromatic rings. The minimum atomic E-state index is -4.97. The van der Waals surface area contributed by atoms with E-state index in [9.17, 15) is 33.0 Å². The third kappa shape index (κ3) is 5.30. The number of carboxylic acids is 1. The topological polar surface area (TPSA) is 93.1 Å². The number of esters is 1. The normalized spacial score (nSPS) is 22.2. The largest absolute Gasteiger partial charge is 0.506 e. The molecule has 0 radical (unpaired) electrons. The van der Waals surface area contributed by atoms with E-state index in [0.29, 0.717) is 17.2 Å². The zero-order valence-corrected chi connectivity index (χ0v) is 21.5. The second-order valence-electron chi connectivity index (χ2n) is 10.7. The summed E-state index contributed by atoms with van der Waals surface area (Å²) in [4.78, 5) is 25.2. The van der Waals surface area contributed by atoms with Crippen molar-refractivity contribution in [1.29, 1.82) is 0 Å². The lowest BCUT2D eigenvalue weighted by atomic mass is 9.75. The van der Waals surface area contributed by atoms with Crippen LogP contribution in [0.4, 0.5) is 17.6 Å². The van der Waals surface area contributed by atoms with Crippen LogP contribution in [0.2, 0.25) is 0 Å². The quantitative estimate of drug-likeness (QED) is 0.304. The van der Waals surface area contributed by atoms with Crippen LogP contribution in [-0.2, 0) is 27.1 Å². The zero-order chi connectivity index (χ0) is 28.8. The van der Waals surface area contributed by atoms with Gasteiger partial charge in [0.25, 0.3) is 0 Å². The summed E-state index contributed by atoms with van der Waals surface area (Å²) in [5, 5.41) is 20.5. The van der Waals surface area contributed by atoms with Crippen LogP contribution in [0.15, 0.2) is 60.7 Å². The van der Waals surface area contributed by atoms with E-state index in [0.717, 1.165) is 6.07 Å². The minimum Gasteiger partial charge on any atom is -0.506 e. The number of aliphatic carboxylic acids is 1. The van der Waals surface area contributed by atoms with Crippen molar-refractivity contribution in [3.63, 3.8) is 0 Å². The van der Waals surface area contributed by atoms with E-state index >= 15 is 4.39 Å². The number of alkyl halides is 4. The second kappa shape index (κ2) is 9.82. The van der Waals surface area contributed by atoms with Gasteiger partial charge in [-0.15, -0.1) is 0 Å². The molecule has 39 heavy (non-hydrogen) atoms. The van der Waals surface area contributed by atoms with Crippen LogP contribution in [0.3, 0.4) is 0 Å². The summed E-state index contributed by atoms with van der Waals surface area (Å²) in [6, 6.07) is 10.4. The predicted molar refractivity (Wildman–Crippen MR) is 134 cm³/mol. The highest BCUT2D eigenvalue weighted by Gasteiger charge is 2.68. The molecule has 2 aromatic carbocycles. The second-order valence-corrected chi connectivity index (χ2v) is 10.7. The molecule has 0 aromatic heterocycles. The number of carboxylic acid groups (broad SMARTS) is 1. The fraction of sp³-hybridized carbons (Fsp3) is 0.379. The van der Waals surface area contributed by atoms with Crippen molar-refractivity contribution < 1.29 is 46.8 Å². The Labute approximate surface area is 222 Å². The van der Waals surface area contributed by atoms with E-state index < -0.39 is 64.4 Å². The first-order valence-electron chi connectivity index (χ1n) is 12.2. The smallest absolute Gasteiger partial charge is 0.419 e. The number of halogens is 4. The SMILES string of the molecule is CC(C)(C)OC(=O)c1c(COC2(C3(C(=O)O)CC3)C=CC(c3ccccc3)=CC2F)ccc(C(F)(F)F)c1O. The molecule has 0 bridgehead atoms. The molecular weight excluding hydrogens is 520 g/mol. The average Bonchev–Trinajstić information content (AvgIpc) is 3.65. The molecular formula is C29H28F4O6. The number of ether oxygens (including phenoxy) is 2. The molecule has 208 valence electrons. The Hall–Kier alpha value is -3.66. The first-order chi connectivity index (χ1) is 18.1. The minimum absolute atomic E-state index is 0.110. The molecule has 1 saturated carbocycles. The molecule has 0 saturated heterocycles. The lowest BCUT2D eigenvalue weighted by Gasteiger charge is -2.40. The fourth-order valence-corrected chi connectivity index (χ4v) is 4.79. The van der Waals surface area contributed by atoms with E-state index in [2.05, 4.69) is 0 Å². The first kappa shape index (κ1) is 28.4. The molecule has 0 amide bonds. The van der Waals surface area contributed by atoms with Crippen molar-refractivity contribution >= 4 is 17.5 Å². The number of aromatic hydroxyl groups is 1. The van der Waals surface area contributed by atoms with Crippen molar-refractivity contribution in [3.05, 3.63) is 82.9 Å². The van der Waals surface area contributed by atoms with E-state index in [-0.39, 0.29) is 18.4 Å². The maximum absolute atomic E-state index is 16.0. The molecule has 2 N–H and O–H groups in total. The van der Waals surface area contributed by atoms with E-state index in [1.807, 2.05) is 0 Å². The molecule has 0 spiro atoms. The number of phenolic OH excluding ortho intramolecular Hbond substituents is 1. The van der Waals surface area contributed by atoms with Gasteiger partial charge in [-0.1, -0.05) is 42.5 Å². The maximum Gasteiger partial charge on any atom is 0.419 e. The van der Waals surface area contributed by atoms with Crippen LogP contribution >= 0.6 is 0 Å². The maximum atomic E-state index is 16.0. The van der Waals surface area contributed by atoms with Gasteiger partial charge in [0.2, 0.25) is 0 Å². The predicted octanol–water partition coefficient (Wildman–Crippen LogP) is 6.48. The third-order valence-electron chi connectivity index (χ3n) is 6.90. The highest BCUT2D eigenvalue weighted by atomic mass is 19.4. The summed E-state index contributed by atoms with van der Waals surface area (Å²) >= 11 is 0. The van der Waals surface area contributed by atoms with Gasteiger partial charge in [-0.05, 0) is 68.5 Å². The lowest BCUT2D eigenvalue weighted by Crippen LogP contribution is -2.52. The summed E-state index contributed by atoms with van der Waals surface area (Å²) in [5.74, 6) is -3.87. The van der Waals surface area contributed by atoms with E-state index in [4.69, 9.17) is 9.47 Å². The molecule has 10 heteroatoms. The fourth-order valence-electron chi connectivity index (χ4n) is 4.79. The number of hydrogen-bond donors (Lipinski definition) is 2. The molecule has 2 atom stereocenters. The van der Waals surface area contributed by atoms with Gasteiger partial charge in [0, 0.05) is 0 Å². The van der Waals surface area contributed by atoms with Crippen molar-refractivity contribution in [2.75, 3.05) is 0 Å². The number of carbonyl (C=O) groups is 2. The molecule has 1 fully saturated rings. The Morgan fingerprint density at radius 3 is 2.21 bits per heavy atom. The zero-order valence-electron chi connectivity index (χ0n) is 21.5. The highest BCUT2D eigenvalue weighted by molar-refractivity contribution is 5.95. The van der Waals surface area contributed by atoms with Crippen LogP contribution in [0, 0.1) is 5.41 Å². The third-order valence-corrected chi connectivity index (χ3v) is 6.90. The van der Waals surface area contributed by atoms with Crippen molar-refractivity contribution in [2.45, 2.75) is 63.8 Å². The van der Waals surface area contributed by atoms with Crippen molar-refractivity contribution in [1.82, 2.24) is 0 Å². The van der Waals surface area contributed by atoms with Crippen molar-refractivity contribution in [2.24, 2.45) is 5.41 Å². The van der Waals surface area contributed by atoms with Gasteiger partial charge < -0.3 is 19.7 Å². The van der Waals surface area contributed by atoms with Gasteiger partial charge in [-0.2, -0.15) is 13.2 Å². The molecule has 0 heterocycles. The number of rotatable bonds is 7. The molecule has 6 nitrogen and oxygen atoms in total. The number of benzene rings is 2. The van der Waals surface area contributed by atoms with E-state index in [1.165, 1.54) is 32.9 Å². The summed E-state index contributed by atoms with van der Waals surface area (Å²) in [7, 11) is 0. The Balaban J connectivity index is 1.75. The Morgan fingerprint density at radius 1 is 1.05 bits per heavy atom. The Bertz CT molecular complexity index is 1340. The molecule has 2 aliphatic rings. The van der Waals surface area contributed by atoms with Gasteiger partial charge >= 0.3 is 18.1 Å². The molecule has 2 aliphatic carbocycles. The first-order valence-corrected chi connectivity index (χ1v) is 12.2. The van der Waals surface area contributed by atoms with Crippen LogP contribution in [-0.4, -0.2) is 39.5 Å². The van der Waals surface area contributed by atoms with Crippen LogP contribution < -0.4 is 0 Å². The molecule has 4 rings (SSSR count).